The Hall–Kier alpha value is -1.14. The predicted octanol–water partition coefficient (Wildman–Crippen LogP) is 4.13. The predicted molar refractivity (Wildman–Crippen MR) is 75.5 cm³/mol. The van der Waals surface area contributed by atoms with Crippen molar-refractivity contribution in [3.8, 4) is 6.07 Å². The molecule has 0 aliphatic rings. The van der Waals surface area contributed by atoms with Crippen molar-refractivity contribution in [1.82, 2.24) is 0 Å². The summed E-state index contributed by atoms with van der Waals surface area (Å²) in [7, 11) is 0. The molecule has 92 valence electrons. The van der Waals surface area contributed by atoms with Crippen molar-refractivity contribution in [2.75, 3.05) is 18.1 Å². The average Bonchev–Trinajstić information content (AvgIpc) is 2.33. The molecular formula is C14H20N2S. The van der Waals surface area contributed by atoms with Gasteiger partial charge in [0.15, 0.2) is 0 Å². The van der Waals surface area contributed by atoms with Crippen LogP contribution in [0.2, 0.25) is 0 Å². The maximum absolute atomic E-state index is 9.17. The van der Waals surface area contributed by atoms with E-state index in [9.17, 15) is 5.26 Å². The first-order valence-corrected chi connectivity index (χ1v) is 7.22. The zero-order valence-corrected chi connectivity index (χ0v) is 11.6. The molecule has 0 spiro atoms. The van der Waals surface area contributed by atoms with Gasteiger partial charge < -0.3 is 5.32 Å². The number of nitriles is 1. The quantitative estimate of drug-likeness (QED) is 0.607. The lowest BCUT2D eigenvalue weighted by Crippen LogP contribution is -2.05. The number of nitrogens with zero attached hydrogens (tertiary/aromatic N) is 1. The maximum atomic E-state index is 9.17. The largest absolute Gasteiger partial charge is 0.384 e. The summed E-state index contributed by atoms with van der Waals surface area (Å²) in [5.74, 6) is 0.741. The summed E-state index contributed by atoms with van der Waals surface area (Å²) >= 11 is 1.62. The Bertz CT molecular complexity index is 394. The number of rotatable bonds is 6. The van der Waals surface area contributed by atoms with E-state index in [0.717, 1.165) is 35.0 Å². The third-order valence-corrected chi connectivity index (χ3v) is 3.41. The van der Waals surface area contributed by atoms with Crippen LogP contribution in [0.5, 0.6) is 0 Å². The molecule has 1 rings (SSSR count). The number of hydrogen-bond donors (Lipinski definition) is 1. The van der Waals surface area contributed by atoms with Crippen molar-refractivity contribution in [3.05, 3.63) is 23.8 Å². The molecule has 0 aromatic heterocycles. The van der Waals surface area contributed by atoms with Crippen molar-refractivity contribution < 1.29 is 0 Å². The van der Waals surface area contributed by atoms with Crippen molar-refractivity contribution in [2.45, 2.75) is 31.6 Å². The van der Waals surface area contributed by atoms with Crippen LogP contribution < -0.4 is 5.32 Å². The molecule has 0 aliphatic carbocycles. The van der Waals surface area contributed by atoms with Gasteiger partial charge in [-0.2, -0.15) is 5.26 Å². The van der Waals surface area contributed by atoms with Crippen LogP contribution in [0.25, 0.3) is 0 Å². The van der Waals surface area contributed by atoms with Crippen molar-refractivity contribution >= 4 is 17.4 Å². The summed E-state index contributed by atoms with van der Waals surface area (Å²) in [6.45, 7) is 5.40. The summed E-state index contributed by atoms with van der Waals surface area (Å²) in [6.07, 6.45) is 4.36. The fourth-order valence-corrected chi connectivity index (χ4v) is 2.27. The van der Waals surface area contributed by atoms with Crippen LogP contribution in [0.1, 0.15) is 32.3 Å². The molecule has 0 fully saturated rings. The Morgan fingerprint density at radius 1 is 1.41 bits per heavy atom. The highest BCUT2D eigenvalue weighted by Crippen LogP contribution is 2.26. The van der Waals surface area contributed by atoms with Gasteiger partial charge in [0.2, 0.25) is 0 Å². The molecule has 1 aromatic rings. The molecule has 2 nitrogen and oxygen atoms in total. The van der Waals surface area contributed by atoms with Gasteiger partial charge in [0, 0.05) is 11.4 Å². The third-order valence-electron chi connectivity index (χ3n) is 2.63. The molecule has 0 amide bonds. The molecule has 17 heavy (non-hydrogen) atoms. The van der Waals surface area contributed by atoms with Crippen LogP contribution in [0.4, 0.5) is 5.69 Å². The second kappa shape index (κ2) is 7.24. The van der Waals surface area contributed by atoms with E-state index < -0.39 is 0 Å². The molecule has 0 unspecified atom stereocenters. The second-order valence-corrected chi connectivity index (χ2v) is 5.31. The van der Waals surface area contributed by atoms with Gasteiger partial charge in [-0.3, -0.25) is 0 Å². The third kappa shape index (κ3) is 4.32. The Morgan fingerprint density at radius 3 is 2.76 bits per heavy atom. The van der Waals surface area contributed by atoms with E-state index in [-0.39, 0.29) is 0 Å². The van der Waals surface area contributed by atoms with Gasteiger partial charge in [-0.1, -0.05) is 19.9 Å². The molecule has 0 radical (unpaired) electrons. The number of anilines is 1. The second-order valence-electron chi connectivity index (χ2n) is 4.46. The van der Waals surface area contributed by atoms with Gasteiger partial charge in [-0.25, -0.2) is 0 Å². The summed E-state index contributed by atoms with van der Waals surface area (Å²) in [5, 5.41) is 12.5. The molecule has 1 aromatic carbocycles. The highest BCUT2D eigenvalue weighted by molar-refractivity contribution is 7.98. The average molecular weight is 248 g/mol. The Labute approximate surface area is 108 Å². The molecule has 3 heteroatoms. The van der Waals surface area contributed by atoms with E-state index in [2.05, 4.69) is 25.2 Å². The van der Waals surface area contributed by atoms with Crippen LogP contribution in [0, 0.1) is 17.2 Å². The fraction of sp³-hybridized carbons (Fsp3) is 0.500. The molecular weight excluding hydrogens is 228 g/mol. The van der Waals surface area contributed by atoms with Crippen LogP contribution >= 0.6 is 11.8 Å². The van der Waals surface area contributed by atoms with Crippen molar-refractivity contribution in [1.29, 1.82) is 5.26 Å². The normalized spacial score (nSPS) is 10.3. The highest BCUT2D eigenvalue weighted by Gasteiger charge is 2.06. The maximum Gasteiger partial charge on any atom is 0.102 e. The number of benzene rings is 1. The summed E-state index contributed by atoms with van der Waals surface area (Å²) in [5.41, 5.74) is 1.73. The fourth-order valence-electron chi connectivity index (χ4n) is 1.70. The van der Waals surface area contributed by atoms with Gasteiger partial charge in [0.1, 0.15) is 6.07 Å². The first-order valence-electron chi connectivity index (χ1n) is 6.00. The minimum absolute atomic E-state index is 0.741. The van der Waals surface area contributed by atoms with Crippen LogP contribution in [0.3, 0.4) is 0 Å². The van der Waals surface area contributed by atoms with Gasteiger partial charge in [-0.05, 0) is 37.1 Å². The van der Waals surface area contributed by atoms with Crippen molar-refractivity contribution in [3.63, 3.8) is 0 Å². The topological polar surface area (TPSA) is 35.8 Å². The highest BCUT2D eigenvalue weighted by atomic mass is 32.2. The van der Waals surface area contributed by atoms with Gasteiger partial charge in [-0.15, -0.1) is 11.8 Å². The van der Waals surface area contributed by atoms with Gasteiger partial charge >= 0.3 is 0 Å². The Kier molecular flexibility index (Phi) is 5.93. The molecule has 0 heterocycles. The number of thioether (sulfide) groups is 1. The SMILES string of the molecule is CSc1cccc(NCCCC(C)C)c1C#N. The molecule has 0 aliphatic heterocycles. The van der Waals surface area contributed by atoms with E-state index in [1.807, 2.05) is 24.5 Å². The molecule has 0 bridgehead atoms. The van der Waals surface area contributed by atoms with E-state index in [4.69, 9.17) is 0 Å². The van der Waals surface area contributed by atoms with Gasteiger partial charge in [0.05, 0.1) is 11.3 Å². The lowest BCUT2D eigenvalue weighted by atomic mass is 10.1. The van der Waals surface area contributed by atoms with E-state index >= 15 is 0 Å². The first kappa shape index (κ1) is 13.9. The number of nitrogens with one attached hydrogen (secondary N) is 1. The minimum Gasteiger partial charge on any atom is -0.384 e. The van der Waals surface area contributed by atoms with Crippen LogP contribution in [-0.4, -0.2) is 12.8 Å². The van der Waals surface area contributed by atoms with Gasteiger partial charge in [0.25, 0.3) is 0 Å². The standard InChI is InChI=1S/C14H20N2S/c1-11(2)6-5-9-16-13-7-4-8-14(17-3)12(13)10-15/h4,7-8,11,16H,5-6,9H2,1-3H3. The van der Waals surface area contributed by atoms with Crippen LogP contribution in [-0.2, 0) is 0 Å². The Balaban J connectivity index is 2.62. The summed E-state index contributed by atoms with van der Waals surface area (Å²) < 4.78 is 0. The molecule has 1 N–H and O–H groups in total. The molecule has 0 saturated carbocycles. The number of hydrogen-bond acceptors (Lipinski definition) is 3. The Morgan fingerprint density at radius 2 is 2.18 bits per heavy atom. The lowest BCUT2D eigenvalue weighted by molar-refractivity contribution is 0.567. The zero-order valence-electron chi connectivity index (χ0n) is 10.8. The molecule has 0 saturated heterocycles. The van der Waals surface area contributed by atoms with E-state index in [0.29, 0.717) is 0 Å². The first-order chi connectivity index (χ1) is 8.19. The summed E-state index contributed by atoms with van der Waals surface area (Å²) in [6, 6.07) is 8.25. The monoisotopic (exact) mass is 248 g/mol. The lowest BCUT2D eigenvalue weighted by Gasteiger charge is -2.11. The molecule has 0 atom stereocenters. The zero-order chi connectivity index (χ0) is 12.7. The minimum atomic E-state index is 0.741. The van der Waals surface area contributed by atoms with Crippen LogP contribution in [0.15, 0.2) is 23.1 Å². The van der Waals surface area contributed by atoms with E-state index in [1.54, 1.807) is 11.8 Å². The smallest absolute Gasteiger partial charge is 0.102 e. The van der Waals surface area contributed by atoms with E-state index in [1.165, 1.54) is 6.42 Å². The van der Waals surface area contributed by atoms with Crippen molar-refractivity contribution in [2.24, 2.45) is 5.92 Å². The summed E-state index contributed by atoms with van der Waals surface area (Å²) in [4.78, 5) is 1.04.